The molecule has 1 aromatic heterocycles. The Kier molecular flexibility index (Phi) is 5.20. The Labute approximate surface area is 133 Å². The largest absolute Gasteiger partial charge is 0.368 e. The van der Waals surface area contributed by atoms with Gasteiger partial charge in [0.1, 0.15) is 29.0 Å². The predicted octanol–water partition coefficient (Wildman–Crippen LogP) is 3.53. The number of hydrogen-bond donors (Lipinski definition) is 2. The number of anilines is 2. The van der Waals surface area contributed by atoms with E-state index < -0.39 is 17.5 Å². The van der Waals surface area contributed by atoms with Gasteiger partial charge in [0.25, 0.3) is 5.91 Å². The minimum atomic E-state index is -0.845. The van der Waals surface area contributed by atoms with Gasteiger partial charge in [-0.3, -0.25) is 4.79 Å². The SMILES string of the molecule is CCC(C)Nc1cc(C(=O)Nc2ccc(F)cc2F)nc(C)n1. The van der Waals surface area contributed by atoms with Gasteiger partial charge < -0.3 is 10.6 Å². The molecule has 1 aromatic carbocycles. The number of nitrogens with zero attached hydrogens (tertiary/aromatic N) is 2. The summed E-state index contributed by atoms with van der Waals surface area (Å²) in [4.78, 5) is 20.5. The molecule has 2 N–H and O–H groups in total. The van der Waals surface area contributed by atoms with Crippen LogP contribution < -0.4 is 10.6 Å². The summed E-state index contributed by atoms with van der Waals surface area (Å²) in [5, 5.41) is 5.53. The fraction of sp³-hybridized carbons (Fsp3) is 0.312. The van der Waals surface area contributed by atoms with Crippen LogP contribution in [0.3, 0.4) is 0 Å². The van der Waals surface area contributed by atoms with Crippen molar-refractivity contribution in [1.82, 2.24) is 9.97 Å². The van der Waals surface area contributed by atoms with Gasteiger partial charge in [-0.1, -0.05) is 6.92 Å². The highest BCUT2D eigenvalue weighted by molar-refractivity contribution is 6.03. The number of aryl methyl sites for hydroxylation is 1. The van der Waals surface area contributed by atoms with Crippen molar-refractivity contribution in [1.29, 1.82) is 0 Å². The summed E-state index contributed by atoms with van der Waals surface area (Å²) in [6.45, 7) is 5.68. The van der Waals surface area contributed by atoms with Gasteiger partial charge in [-0.05, 0) is 32.4 Å². The molecule has 0 saturated heterocycles. The summed E-state index contributed by atoms with van der Waals surface area (Å²) in [7, 11) is 0. The van der Waals surface area contributed by atoms with Crippen LogP contribution in [0.2, 0.25) is 0 Å². The summed E-state index contributed by atoms with van der Waals surface area (Å²) in [5.74, 6) is -1.20. The normalized spacial score (nSPS) is 11.9. The second kappa shape index (κ2) is 7.13. The third-order valence-electron chi connectivity index (χ3n) is 3.26. The van der Waals surface area contributed by atoms with Crippen molar-refractivity contribution < 1.29 is 13.6 Å². The van der Waals surface area contributed by atoms with Crippen LogP contribution in [0, 0.1) is 18.6 Å². The molecule has 0 aliphatic rings. The second-order valence-corrected chi connectivity index (χ2v) is 5.22. The molecule has 0 aliphatic carbocycles. The van der Waals surface area contributed by atoms with Crippen LogP contribution >= 0.6 is 0 Å². The molecule has 5 nitrogen and oxygen atoms in total. The molecule has 0 radical (unpaired) electrons. The van der Waals surface area contributed by atoms with Crippen LogP contribution in [-0.4, -0.2) is 21.9 Å². The maximum absolute atomic E-state index is 13.6. The van der Waals surface area contributed by atoms with Crippen molar-refractivity contribution in [3.63, 3.8) is 0 Å². The molecule has 1 amide bonds. The van der Waals surface area contributed by atoms with E-state index in [1.807, 2.05) is 13.8 Å². The Balaban J connectivity index is 2.21. The lowest BCUT2D eigenvalue weighted by Crippen LogP contribution is -2.19. The average molecular weight is 320 g/mol. The van der Waals surface area contributed by atoms with Crippen LogP contribution in [-0.2, 0) is 0 Å². The van der Waals surface area contributed by atoms with Gasteiger partial charge in [0.15, 0.2) is 0 Å². The van der Waals surface area contributed by atoms with Crippen molar-refractivity contribution in [2.24, 2.45) is 0 Å². The lowest BCUT2D eigenvalue weighted by molar-refractivity contribution is 0.102. The first-order valence-electron chi connectivity index (χ1n) is 7.27. The van der Waals surface area contributed by atoms with Gasteiger partial charge in [-0.15, -0.1) is 0 Å². The zero-order valence-electron chi connectivity index (χ0n) is 13.2. The minimum absolute atomic E-state index is 0.104. The van der Waals surface area contributed by atoms with E-state index in [9.17, 15) is 13.6 Å². The predicted molar refractivity (Wildman–Crippen MR) is 84.5 cm³/mol. The molecule has 0 bridgehead atoms. The van der Waals surface area contributed by atoms with Crippen LogP contribution in [0.4, 0.5) is 20.3 Å². The molecular formula is C16H18F2N4O. The highest BCUT2D eigenvalue weighted by atomic mass is 19.1. The number of carbonyl (C=O) groups excluding carboxylic acids is 1. The van der Waals surface area contributed by atoms with E-state index in [1.165, 1.54) is 6.07 Å². The quantitative estimate of drug-likeness (QED) is 0.884. The van der Waals surface area contributed by atoms with E-state index in [0.717, 1.165) is 18.6 Å². The molecule has 2 aromatic rings. The number of amides is 1. The first-order chi connectivity index (χ1) is 10.9. The summed E-state index contributed by atoms with van der Waals surface area (Å²) in [6.07, 6.45) is 0.894. The van der Waals surface area contributed by atoms with E-state index in [-0.39, 0.29) is 17.4 Å². The Morgan fingerprint density at radius 3 is 2.65 bits per heavy atom. The number of aromatic nitrogens is 2. The van der Waals surface area contributed by atoms with Crippen molar-refractivity contribution >= 4 is 17.4 Å². The van der Waals surface area contributed by atoms with Gasteiger partial charge >= 0.3 is 0 Å². The molecule has 0 aliphatic heterocycles. The van der Waals surface area contributed by atoms with Crippen LogP contribution in [0.25, 0.3) is 0 Å². The van der Waals surface area contributed by atoms with Gasteiger partial charge in [-0.2, -0.15) is 0 Å². The molecule has 0 spiro atoms. The van der Waals surface area contributed by atoms with E-state index in [2.05, 4.69) is 20.6 Å². The topological polar surface area (TPSA) is 66.9 Å². The summed E-state index contributed by atoms with van der Waals surface area (Å²) >= 11 is 0. The van der Waals surface area contributed by atoms with E-state index in [0.29, 0.717) is 17.7 Å². The monoisotopic (exact) mass is 320 g/mol. The highest BCUT2D eigenvalue weighted by Gasteiger charge is 2.14. The lowest BCUT2D eigenvalue weighted by Gasteiger charge is -2.13. The van der Waals surface area contributed by atoms with Gasteiger partial charge in [0.05, 0.1) is 5.69 Å². The molecule has 2 rings (SSSR count). The fourth-order valence-corrected chi connectivity index (χ4v) is 1.89. The highest BCUT2D eigenvalue weighted by Crippen LogP contribution is 2.17. The lowest BCUT2D eigenvalue weighted by atomic mass is 10.2. The molecule has 0 saturated carbocycles. The maximum Gasteiger partial charge on any atom is 0.274 e. The molecule has 7 heteroatoms. The third-order valence-corrected chi connectivity index (χ3v) is 3.26. The van der Waals surface area contributed by atoms with Crippen LogP contribution in [0.5, 0.6) is 0 Å². The molecular weight excluding hydrogens is 302 g/mol. The number of hydrogen-bond acceptors (Lipinski definition) is 4. The van der Waals surface area contributed by atoms with Crippen molar-refractivity contribution in [2.75, 3.05) is 10.6 Å². The Morgan fingerprint density at radius 2 is 2.00 bits per heavy atom. The molecule has 0 fully saturated rings. The van der Waals surface area contributed by atoms with E-state index in [4.69, 9.17) is 0 Å². The molecule has 1 heterocycles. The number of nitrogens with one attached hydrogen (secondary N) is 2. The van der Waals surface area contributed by atoms with Crippen LogP contribution in [0.15, 0.2) is 24.3 Å². The smallest absolute Gasteiger partial charge is 0.274 e. The average Bonchev–Trinajstić information content (AvgIpc) is 2.49. The molecule has 1 atom stereocenters. The number of rotatable bonds is 5. The minimum Gasteiger partial charge on any atom is -0.368 e. The maximum atomic E-state index is 13.6. The van der Waals surface area contributed by atoms with Gasteiger partial charge in [0, 0.05) is 18.2 Å². The van der Waals surface area contributed by atoms with Gasteiger partial charge in [-0.25, -0.2) is 18.7 Å². The van der Waals surface area contributed by atoms with Crippen molar-refractivity contribution in [3.05, 3.63) is 47.4 Å². The zero-order chi connectivity index (χ0) is 17.0. The summed E-state index contributed by atoms with van der Waals surface area (Å²) in [5.41, 5.74) is -0.00358. The first kappa shape index (κ1) is 16.8. The van der Waals surface area contributed by atoms with E-state index in [1.54, 1.807) is 6.92 Å². The van der Waals surface area contributed by atoms with Crippen molar-refractivity contribution in [2.45, 2.75) is 33.2 Å². The standard InChI is InChI=1S/C16H18F2N4O/c1-4-9(2)19-15-8-14(20-10(3)21-15)16(23)22-13-6-5-11(17)7-12(13)18/h5-9H,4H2,1-3H3,(H,22,23)(H,19,20,21). The summed E-state index contributed by atoms with van der Waals surface area (Å²) < 4.78 is 26.5. The van der Waals surface area contributed by atoms with Gasteiger partial charge in [0.2, 0.25) is 0 Å². The molecule has 1 unspecified atom stereocenters. The number of carbonyl (C=O) groups is 1. The summed E-state index contributed by atoms with van der Waals surface area (Å²) in [6, 6.07) is 4.62. The van der Waals surface area contributed by atoms with Crippen LogP contribution in [0.1, 0.15) is 36.6 Å². The zero-order valence-corrected chi connectivity index (χ0v) is 13.2. The van der Waals surface area contributed by atoms with E-state index >= 15 is 0 Å². The molecule has 122 valence electrons. The Hall–Kier alpha value is -2.57. The van der Waals surface area contributed by atoms with Crippen molar-refractivity contribution in [3.8, 4) is 0 Å². The third kappa shape index (κ3) is 4.45. The second-order valence-electron chi connectivity index (χ2n) is 5.22. The Bertz CT molecular complexity index is 721. The number of benzene rings is 1. The number of halogens is 2. The molecule has 23 heavy (non-hydrogen) atoms. The fourth-order valence-electron chi connectivity index (χ4n) is 1.89. The first-order valence-corrected chi connectivity index (χ1v) is 7.27. The Morgan fingerprint density at radius 1 is 1.26 bits per heavy atom.